The third-order valence-corrected chi connectivity index (χ3v) is 5.95. The summed E-state index contributed by atoms with van der Waals surface area (Å²) in [5, 5.41) is 3.23. The van der Waals surface area contributed by atoms with Gasteiger partial charge in [-0.1, -0.05) is 0 Å². The zero-order valence-electron chi connectivity index (χ0n) is 15.9. The van der Waals surface area contributed by atoms with Gasteiger partial charge in [-0.25, -0.2) is 4.98 Å². The highest BCUT2D eigenvalue weighted by Gasteiger charge is 2.14. The van der Waals surface area contributed by atoms with Gasteiger partial charge in [-0.05, 0) is 43.4 Å². The number of benzene rings is 1. The molecule has 0 spiro atoms. The van der Waals surface area contributed by atoms with Crippen molar-refractivity contribution in [3.05, 3.63) is 42.6 Å². The second-order valence-corrected chi connectivity index (χ2v) is 8.67. The van der Waals surface area contributed by atoms with Gasteiger partial charge in [-0.15, -0.1) is 0 Å². The molecule has 2 aromatic rings. The van der Waals surface area contributed by atoms with E-state index in [0.29, 0.717) is 11.5 Å². The van der Waals surface area contributed by atoms with E-state index in [4.69, 9.17) is 0 Å². The lowest BCUT2D eigenvalue weighted by atomic mass is 10.2. The molecule has 8 nitrogen and oxygen atoms in total. The lowest BCUT2D eigenvalue weighted by molar-refractivity contribution is 0.313. The molecule has 0 amide bonds. The van der Waals surface area contributed by atoms with Crippen LogP contribution in [0.5, 0.6) is 0 Å². The predicted octanol–water partition coefficient (Wildman–Crippen LogP) is 1.80. The number of pyridine rings is 1. The van der Waals surface area contributed by atoms with Gasteiger partial charge in [-0.2, -0.15) is 12.7 Å². The molecule has 2 N–H and O–H groups in total. The molecular weight excluding hydrogens is 364 g/mol. The van der Waals surface area contributed by atoms with Crippen molar-refractivity contribution >= 4 is 33.1 Å². The molecule has 1 fully saturated rings. The maximum atomic E-state index is 11.8. The summed E-state index contributed by atoms with van der Waals surface area (Å²) in [5.74, 6) is 0.648. The Balaban J connectivity index is 1.60. The molecule has 1 saturated heterocycles. The van der Waals surface area contributed by atoms with E-state index in [0.717, 1.165) is 36.2 Å². The molecule has 0 bridgehead atoms. The van der Waals surface area contributed by atoms with E-state index in [1.807, 2.05) is 12.1 Å². The fourth-order valence-electron chi connectivity index (χ4n) is 2.74. The molecule has 1 aliphatic rings. The Hall–Kier alpha value is -2.36. The first-order valence-electron chi connectivity index (χ1n) is 8.80. The van der Waals surface area contributed by atoms with Crippen LogP contribution in [0.15, 0.2) is 42.6 Å². The molecule has 0 aliphatic carbocycles. The number of hydrogen-bond donors (Lipinski definition) is 2. The number of nitrogens with zero attached hydrogens (tertiary/aromatic N) is 4. The van der Waals surface area contributed by atoms with Crippen molar-refractivity contribution in [1.29, 1.82) is 0 Å². The molecule has 1 aromatic heterocycles. The van der Waals surface area contributed by atoms with E-state index >= 15 is 0 Å². The Morgan fingerprint density at radius 3 is 2.15 bits per heavy atom. The standard InChI is InChI=1S/C18H26N6O2S/c1-22(2)27(25,26)21-16-6-9-18(19-14-16)20-15-4-7-17(8-5-15)24-12-10-23(3)11-13-24/h4-9,14,21H,10-13H2,1-3H3,(H,19,20). The molecule has 0 saturated carbocycles. The SMILES string of the molecule is CN1CCN(c2ccc(Nc3ccc(NS(=O)(=O)N(C)C)cn3)cc2)CC1. The highest BCUT2D eigenvalue weighted by Crippen LogP contribution is 2.22. The van der Waals surface area contributed by atoms with Crippen molar-refractivity contribution in [2.75, 3.05) is 62.3 Å². The van der Waals surface area contributed by atoms with Crippen molar-refractivity contribution in [2.45, 2.75) is 0 Å². The monoisotopic (exact) mass is 390 g/mol. The van der Waals surface area contributed by atoms with Crippen LogP contribution in [0.1, 0.15) is 0 Å². The lowest BCUT2D eigenvalue weighted by Crippen LogP contribution is -2.44. The summed E-state index contributed by atoms with van der Waals surface area (Å²) in [6.45, 7) is 4.23. The third kappa shape index (κ3) is 5.09. The van der Waals surface area contributed by atoms with Gasteiger partial charge in [0.05, 0.1) is 11.9 Å². The van der Waals surface area contributed by atoms with Gasteiger partial charge in [0.15, 0.2) is 0 Å². The van der Waals surface area contributed by atoms with Gasteiger partial charge < -0.3 is 15.1 Å². The summed E-state index contributed by atoms with van der Waals surface area (Å²) in [6, 6.07) is 11.7. The van der Waals surface area contributed by atoms with Crippen molar-refractivity contribution in [2.24, 2.45) is 0 Å². The lowest BCUT2D eigenvalue weighted by Gasteiger charge is -2.34. The molecule has 2 heterocycles. The Bertz CT molecular complexity index is 844. The molecule has 0 radical (unpaired) electrons. The van der Waals surface area contributed by atoms with Gasteiger partial charge in [0.25, 0.3) is 0 Å². The minimum Gasteiger partial charge on any atom is -0.369 e. The van der Waals surface area contributed by atoms with Crippen LogP contribution in [0, 0.1) is 0 Å². The molecule has 146 valence electrons. The number of hydrogen-bond acceptors (Lipinski definition) is 6. The summed E-state index contributed by atoms with van der Waals surface area (Å²) in [5.41, 5.74) is 2.57. The first-order chi connectivity index (χ1) is 12.8. The highest BCUT2D eigenvalue weighted by atomic mass is 32.2. The smallest absolute Gasteiger partial charge is 0.301 e. The van der Waals surface area contributed by atoms with Gasteiger partial charge in [0.1, 0.15) is 5.82 Å². The molecule has 1 aromatic carbocycles. The maximum Gasteiger partial charge on any atom is 0.301 e. The molecule has 1 aliphatic heterocycles. The zero-order chi connectivity index (χ0) is 19.4. The number of piperazine rings is 1. The van der Waals surface area contributed by atoms with Crippen LogP contribution in [-0.2, 0) is 10.2 Å². The van der Waals surface area contributed by atoms with E-state index in [1.54, 1.807) is 12.1 Å². The summed E-state index contributed by atoms with van der Waals surface area (Å²) < 4.78 is 27.2. The Labute approximate surface area is 161 Å². The highest BCUT2D eigenvalue weighted by molar-refractivity contribution is 7.90. The Morgan fingerprint density at radius 2 is 1.59 bits per heavy atom. The topological polar surface area (TPSA) is 80.8 Å². The maximum absolute atomic E-state index is 11.8. The normalized spacial score (nSPS) is 15.8. The summed E-state index contributed by atoms with van der Waals surface area (Å²) in [4.78, 5) is 8.98. The van der Waals surface area contributed by atoms with Crippen LogP contribution in [-0.4, -0.2) is 69.9 Å². The average molecular weight is 391 g/mol. The van der Waals surface area contributed by atoms with Gasteiger partial charge in [0, 0.05) is 51.6 Å². The Morgan fingerprint density at radius 1 is 0.963 bits per heavy atom. The third-order valence-electron chi connectivity index (χ3n) is 4.50. The van der Waals surface area contributed by atoms with Gasteiger partial charge >= 0.3 is 10.2 Å². The number of rotatable bonds is 6. The quantitative estimate of drug-likeness (QED) is 0.783. The van der Waals surface area contributed by atoms with E-state index < -0.39 is 10.2 Å². The average Bonchev–Trinajstić information content (AvgIpc) is 2.64. The fraction of sp³-hybridized carbons (Fsp3) is 0.389. The van der Waals surface area contributed by atoms with Gasteiger partial charge in [-0.3, -0.25) is 4.72 Å². The summed E-state index contributed by atoms with van der Waals surface area (Å²) >= 11 is 0. The molecule has 9 heteroatoms. The van der Waals surface area contributed by atoms with Crippen LogP contribution >= 0.6 is 0 Å². The van der Waals surface area contributed by atoms with Crippen LogP contribution in [0.3, 0.4) is 0 Å². The number of nitrogens with one attached hydrogen (secondary N) is 2. The first-order valence-corrected chi connectivity index (χ1v) is 10.2. The van der Waals surface area contributed by atoms with Crippen molar-refractivity contribution < 1.29 is 8.42 Å². The minimum absolute atomic E-state index is 0.416. The van der Waals surface area contributed by atoms with Crippen LogP contribution in [0.4, 0.5) is 22.9 Å². The summed E-state index contributed by atoms with van der Waals surface area (Å²) in [6.07, 6.45) is 1.49. The van der Waals surface area contributed by atoms with Crippen LogP contribution in [0.2, 0.25) is 0 Å². The molecular formula is C18H26N6O2S. The summed E-state index contributed by atoms with van der Waals surface area (Å²) in [7, 11) is 1.56. The number of anilines is 4. The Kier molecular flexibility index (Phi) is 5.83. The van der Waals surface area contributed by atoms with E-state index in [1.165, 1.54) is 26.0 Å². The second-order valence-electron chi connectivity index (χ2n) is 6.78. The number of likely N-dealkylation sites (N-methyl/N-ethyl adjacent to an activating group) is 1. The zero-order valence-corrected chi connectivity index (χ0v) is 16.7. The molecule has 0 atom stereocenters. The fourth-order valence-corrected chi connectivity index (χ4v) is 3.34. The van der Waals surface area contributed by atoms with E-state index in [9.17, 15) is 8.42 Å². The first kappa shape index (κ1) is 19.4. The molecule has 27 heavy (non-hydrogen) atoms. The van der Waals surface area contributed by atoms with Gasteiger partial charge in [0.2, 0.25) is 0 Å². The van der Waals surface area contributed by atoms with E-state index in [2.05, 4.69) is 44.0 Å². The van der Waals surface area contributed by atoms with Crippen LogP contribution in [0.25, 0.3) is 0 Å². The van der Waals surface area contributed by atoms with E-state index in [-0.39, 0.29) is 0 Å². The second kappa shape index (κ2) is 8.12. The van der Waals surface area contributed by atoms with Crippen molar-refractivity contribution in [1.82, 2.24) is 14.2 Å². The van der Waals surface area contributed by atoms with Crippen molar-refractivity contribution in [3.8, 4) is 0 Å². The minimum atomic E-state index is -3.53. The predicted molar refractivity (Wildman–Crippen MR) is 110 cm³/mol. The van der Waals surface area contributed by atoms with Crippen molar-refractivity contribution in [3.63, 3.8) is 0 Å². The largest absolute Gasteiger partial charge is 0.369 e. The molecule has 3 rings (SSSR count). The number of aromatic nitrogens is 1. The van der Waals surface area contributed by atoms with Crippen LogP contribution < -0.4 is 14.9 Å². The molecule has 0 unspecified atom stereocenters.